The van der Waals surface area contributed by atoms with Crippen LogP contribution < -0.4 is 5.32 Å². The minimum atomic E-state index is -3.54. The van der Waals surface area contributed by atoms with Crippen LogP contribution in [0.25, 0.3) is 6.08 Å². The summed E-state index contributed by atoms with van der Waals surface area (Å²) in [6, 6.07) is 11.4. The topological polar surface area (TPSA) is 136 Å². The lowest BCUT2D eigenvalue weighted by Gasteiger charge is -2.19. The number of benzene rings is 2. The Morgan fingerprint density at radius 3 is 2.21 bits per heavy atom. The maximum absolute atomic E-state index is 12.8. The van der Waals surface area contributed by atoms with E-state index in [1.807, 2.05) is 0 Å². The van der Waals surface area contributed by atoms with Crippen LogP contribution in [0, 0.1) is 10.1 Å². The first-order chi connectivity index (χ1) is 16.3. The molecule has 0 radical (unpaired) electrons. The smallest absolute Gasteiger partial charge is 0.331 e. The highest BCUT2D eigenvalue weighted by atomic mass is 32.2. The molecule has 2 aromatic rings. The number of nitrogens with zero attached hydrogens (tertiary/aromatic N) is 2. The lowest BCUT2D eigenvalue weighted by atomic mass is 10.2. The molecule has 1 N–H and O–H groups in total. The van der Waals surface area contributed by atoms with Gasteiger partial charge in [0, 0.05) is 37.0 Å². The van der Waals surface area contributed by atoms with Gasteiger partial charge in [-0.2, -0.15) is 4.31 Å². The molecule has 1 aliphatic rings. The van der Waals surface area contributed by atoms with Gasteiger partial charge in [-0.05, 0) is 48.7 Å². The molecule has 0 aromatic heterocycles. The molecule has 0 aliphatic carbocycles. The van der Waals surface area contributed by atoms with Gasteiger partial charge in [-0.15, -0.1) is 0 Å². The highest BCUT2D eigenvalue weighted by Gasteiger charge is 2.24. The van der Waals surface area contributed by atoms with E-state index in [9.17, 15) is 28.1 Å². The lowest BCUT2D eigenvalue weighted by molar-refractivity contribution is -0.384. The minimum absolute atomic E-state index is 0.109. The molecule has 0 unspecified atom stereocenters. The number of nitro groups is 1. The second-order valence-electron chi connectivity index (χ2n) is 7.68. The number of hydrogen-bond acceptors (Lipinski definition) is 7. The van der Waals surface area contributed by atoms with Crippen LogP contribution in [0.2, 0.25) is 0 Å². The maximum atomic E-state index is 12.8. The van der Waals surface area contributed by atoms with Crippen molar-refractivity contribution in [3.05, 3.63) is 70.3 Å². The van der Waals surface area contributed by atoms with Gasteiger partial charge in [-0.1, -0.05) is 25.0 Å². The van der Waals surface area contributed by atoms with Crippen molar-refractivity contribution in [2.45, 2.75) is 30.6 Å². The van der Waals surface area contributed by atoms with E-state index in [1.165, 1.54) is 46.8 Å². The van der Waals surface area contributed by atoms with Crippen LogP contribution in [0.5, 0.6) is 0 Å². The van der Waals surface area contributed by atoms with Crippen molar-refractivity contribution in [2.24, 2.45) is 0 Å². The van der Waals surface area contributed by atoms with E-state index in [4.69, 9.17) is 4.74 Å². The van der Waals surface area contributed by atoms with E-state index in [1.54, 1.807) is 12.1 Å². The second kappa shape index (κ2) is 11.5. The molecule has 0 spiro atoms. The molecular weight excluding hydrogens is 462 g/mol. The minimum Gasteiger partial charge on any atom is -0.452 e. The largest absolute Gasteiger partial charge is 0.452 e. The SMILES string of the molecule is O=C(COC(=O)C=Cc1ccc(S(=O)(=O)N2CCCCCC2)cc1)Nc1ccc([N+](=O)[O-])cc1. The number of rotatable bonds is 8. The molecule has 1 saturated heterocycles. The molecule has 11 heteroatoms. The highest BCUT2D eigenvalue weighted by Crippen LogP contribution is 2.21. The van der Waals surface area contributed by atoms with Gasteiger partial charge >= 0.3 is 5.97 Å². The van der Waals surface area contributed by atoms with Crippen LogP contribution in [0.4, 0.5) is 11.4 Å². The van der Waals surface area contributed by atoms with Crippen LogP contribution in [-0.4, -0.2) is 49.2 Å². The van der Waals surface area contributed by atoms with Gasteiger partial charge < -0.3 is 10.1 Å². The Kier molecular flexibility index (Phi) is 8.50. The third-order valence-electron chi connectivity index (χ3n) is 5.20. The summed E-state index contributed by atoms with van der Waals surface area (Å²) >= 11 is 0. The molecule has 2 aromatic carbocycles. The summed E-state index contributed by atoms with van der Waals surface area (Å²) in [7, 11) is -3.54. The number of nitrogens with one attached hydrogen (secondary N) is 1. The van der Waals surface area contributed by atoms with Crippen LogP contribution in [0.1, 0.15) is 31.2 Å². The van der Waals surface area contributed by atoms with Crippen molar-refractivity contribution in [3.8, 4) is 0 Å². The van der Waals surface area contributed by atoms with Crippen molar-refractivity contribution < 1.29 is 27.7 Å². The molecule has 0 saturated carbocycles. The average Bonchev–Trinajstić information content (AvgIpc) is 3.12. The van der Waals surface area contributed by atoms with Crippen molar-refractivity contribution >= 4 is 39.4 Å². The Bertz CT molecular complexity index is 1150. The van der Waals surface area contributed by atoms with Crippen LogP contribution in [0.3, 0.4) is 0 Å². The maximum Gasteiger partial charge on any atom is 0.331 e. The first-order valence-electron chi connectivity index (χ1n) is 10.7. The van der Waals surface area contributed by atoms with Crippen LogP contribution in [-0.2, 0) is 24.3 Å². The molecule has 1 aliphatic heterocycles. The molecule has 1 heterocycles. The van der Waals surface area contributed by atoms with Gasteiger partial charge in [-0.25, -0.2) is 13.2 Å². The first kappa shape index (κ1) is 25.1. The lowest BCUT2D eigenvalue weighted by Crippen LogP contribution is -2.31. The highest BCUT2D eigenvalue weighted by molar-refractivity contribution is 7.89. The van der Waals surface area contributed by atoms with Crippen LogP contribution in [0.15, 0.2) is 59.5 Å². The normalized spacial score (nSPS) is 14.9. The predicted molar refractivity (Wildman–Crippen MR) is 125 cm³/mol. The third-order valence-corrected chi connectivity index (χ3v) is 7.12. The fraction of sp³-hybridized carbons (Fsp3) is 0.304. The molecule has 180 valence electrons. The average molecular weight is 488 g/mol. The number of sulfonamides is 1. The first-order valence-corrected chi connectivity index (χ1v) is 12.2. The molecule has 3 rings (SSSR count). The number of non-ortho nitro benzene ring substituents is 1. The zero-order valence-electron chi connectivity index (χ0n) is 18.4. The summed E-state index contributed by atoms with van der Waals surface area (Å²) in [5, 5.41) is 13.1. The summed E-state index contributed by atoms with van der Waals surface area (Å²) in [4.78, 5) is 34.1. The molecule has 1 fully saturated rings. The Hall–Kier alpha value is -3.57. The van der Waals surface area contributed by atoms with Gasteiger partial charge in [0.15, 0.2) is 6.61 Å². The number of ether oxygens (including phenoxy) is 1. The standard InChI is InChI=1S/C23H25N3O7S/c27-22(24-19-8-10-20(11-9-19)26(29)30)17-33-23(28)14-7-18-5-12-21(13-6-18)34(31,32)25-15-3-1-2-4-16-25/h5-14H,1-4,15-17H2,(H,24,27). The summed E-state index contributed by atoms with van der Waals surface area (Å²) < 4.78 is 32.0. The summed E-state index contributed by atoms with van der Waals surface area (Å²) in [6.45, 7) is 0.508. The van der Waals surface area contributed by atoms with E-state index in [2.05, 4.69) is 5.32 Å². The molecule has 0 bridgehead atoms. The Balaban J connectivity index is 1.49. The van der Waals surface area contributed by atoms with E-state index in [-0.39, 0.29) is 10.6 Å². The molecule has 10 nitrogen and oxygen atoms in total. The van der Waals surface area contributed by atoms with Gasteiger partial charge in [0.1, 0.15) is 0 Å². The second-order valence-corrected chi connectivity index (χ2v) is 9.62. The monoisotopic (exact) mass is 487 g/mol. The summed E-state index contributed by atoms with van der Waals surface area (Å²) in [5.74, 6) is -1.35. The molecule has 0 atom stereocenters. The number of carbonyl (C=O) groups is 2. The third kappa shape index (κ3) is 6.96. The number of nitro benzene ring substituents is 1. The molecule has 34 heavy (non-hydrogen) atoms. The fourth-order valence-electron chi connectivity index (χ4n) is 3.39. The van der Waals surface area contributed by atoms with Gasteiger partial charge in [0.05, 0.1) is 9.82 Å². The predicted octanol–water partition coefficient (Wildman–Crippen LogP) is 3.35. The molecule has 1 amide bonds. The quantitative estimate of drug-likeness (QED) is 0.261. The van der Waals surface area contributed by atoms with Crippen molar-refractivity contribution in [1.29, 1.82) is 0 Å². The van der Waals surface area contributed by atoms with Gasteiger partial charge in [0.2, 0.25) is 10.0 Å². The van der Waals surface area contributed by atoms with Crippen LogP contribution >= 0.6 is 0 Å². The van der Waals surface area contributed by atoms with E-state index < -0.39 is 33.4 Å². The Labute approximate surface area is 197 Å². The van der Waals surface area contributed by atoms with E-state index >= 15 is 0 Å². The van der Waals surface area contributed by atoms with E-state index in [0.717, 1.165) is 31.8 Å². The van der Waals surface area contributed by atoms with Crippen molar-refractivity contribution in [2.75, 3.05) is 25.0 Å². The summed E-state index contributed by atoms with van der Waals surface area (Å²) in [5.41, 5.74) is 0.821. The number of hydrogen-bond donors (Lipinski definition) is 1. The fourth-order valence-corrected chi connectivity index (χ4v) is 4.91. The summed E-state index contributed by atoms with van der Waals surface area (Å²) in [6.07, 6.45) is 6.37. The number of amides is 1. The van der Waals surface area contributed by atoms with Gasteiger partial charge in [0.25, 0.3) is 11.6 Å². The molecular formula is C23H25N3O7S. The van der Waals surface area contributed by atoms with Crippen molar-refractivity contribution in [1.82, 2.24) is 4.31 Å². The number of anilines is 1. The van der Waals surface area contributed by atoms with Crippen molar-refractivity contribution in [3.63, 3.8) is 0 Å². The Morgan fingerprint density at radius 1 is 1.00 bits per heavy atom. The van der Waals surface area contributed by atoms with E-state index in [0.29, 0.717) is 24.3 Å². The zero-order chi connectivity index (χ0) is 24.6. The zero-order valence-corrected chi connectivity index (χ0v) is 19.2. The van der Waals surface area contributed by atoms with Gasteiger partial charge in [-0.3, -0.25) is 14.9 Å². The number of esters is 1. The Morgan fingerprint density at radius 2 is 1.62 bits per heavy atom. The number of carbonyl (C=O) groups excluding carboxylic acids is 2.